The molecule has 3 aromatic rings. The summed E-state index contributed by atoms with van der Waals surface area (Å²) >= 11 is 0. The van der Waals surface area contributed by atoms with Gasteiger partial charge in [0.05, 0.1) is 12.6 Å². The third kappa shape index (κ3) is 7.79. The number of pyridine rings is 1. The van der Waals surface area contributed by atoms with Crippen LogP contribution in [0.15, 0.2) is 79.1 Å². The molecule has 1 unspecified atom stereocenters. The van der Waals surface area contributed by atoms with E-state index in [0.29, 0.717) is 19.3 Å². The lowest BCUT2D eigenvalue weighted by Crippen LogP contribution is -2.43. The molecule has 0 saturated heterocycles. The van der Waals surface area contributed by atoms with Gasteiger partial charge in [0.2, 0.25) is 11.8 Å². The lowest BCUT2D eigenvalue weighted by atomic mass is 9.94. The summed E-state index contributed by atoms with van der Waals surface area (Å²) < 4.78 is 0. The molecule has 0 radical (unpaired) electrons. The molecule has 2 atom stereocenters. The second kappa shape index (κ2) is 13.2. The summed E-state index contributed by atoms with van der Waals surface area (Å²) in [6.45, 7) is -0.229. The monoisotopic (exact) mass is 461 g/mol. The molecule has 0 bridgehead atoms. The third-order valence-electron chi connectivity index (χ3n) is 5.78. The summed E-state index contributed by atoms with van der Waals surface area (Å²) in [6, 6.07) is 21.7. The standard InChI is InChI=1S/C27H31N3O4/c31-19-25(16-21-7-5-15-28-18-21)29-27(33)24(17-26(32)30-34)10-4-6-20-11-13-23(14-12-20)22-8-2-1-3-9-22/h1-3,5,7-9,11-15,18,24-25,31,34H,4,6,10,16-17,19H2,(H,29,33)(H,30,32)/t24?,25-/m1/s1. The molecule has 0 spiro atoms. The number of amides is 2. The quantitative estimate of drug-likeness (QED) is 0.244. The van der Waals surface area contributed by atoms with Crippen LogP contribution in [0.25, 0.3) is 11.1 Å². The number of carbonyl (C=O) groups is 2. The Kier molecular flexibility index (Phi) is 9.76. The Morgan fingerprint density at radius 2 is 1.65 bits per heavy atom. The van der Waals surface area contributed by atoms with Crippen LogP contribution in [0.2, 0.25) is 0 Å². The maximum absolute atomic E-state index is 12.9. The highest BCUT2D eigenvalue weighted by molar-refractivity contribution is 5.85. The normalized spacial score (nSPS) is 12.5. The van der Waals surface area contributed by atoms with Gasteiger partial charge in [0, 0.05) is 24.7 Å². The third-order valence-corrected chi connectivity index (χ3v) is 5.78. The number of aliphatic hydroxyl groups is 1. The fourth-order valence-electron chi connectivity index (χ4n) is 3.93. The predicted molar refractivity (Wildman–Crippen MR) is 130 cm³/mol. The van der Waals surface area contributed by atoms with E-state index < -0.39 is 17.9 Å². The maximum Gasteiger partial charge on any atom is 0.244 e. The highest BCUT2D eigenvalue weighted by Gasteiger charge is 2.24. The number of hydrogen-bond donors (Lipinski definition) is 4. The molecular weight excluding hydrogens is 430 g/mol. The summed E-state index contributed by atoms with van der Waals surface area (Å²) in [6.07, 6.45) is 5.60. The second-order valence-corrected chi connectivity index (χ2v) is 8.34. The van der Waals surface area contributed by atoms with Crippen molar-refractivity contribution in [3.63, 3.8) is 0 Å². The lowest BCUT2D eigenvalue weighted by molar-refractivity contribution is -0.135. The number of nitrogens with zero attached hydrogens (tertiary/aromatic N) is 1. The molecule has 34 heavy (non-hydrogen) atoms. The fraction of sp³-hybridized carbons (Fsp3) is 0.296. The van der Waals surface area contributed by atoms with E-state index in [1.165, 1.54) is 0 Å². The average molecular weight is 462 g/mol. The smallest absolute Gasteiger partial charge is 0.244 e. The first-order valence-corrected chi connectivity index (χ1v) is 11.5. The van der Waals surface area contributed by atoms with E-state index in [2.05, 4.69) is 46.7 Å². The van der Waals surface area contributed by atoms with Crippen molar-refractivity contribution in [1.82, 2.24) is 15.8 Å². The first-order valence-electron chi connectivity index (χ1n) is 11.5. The van der Waals surface area contributed by atoms with Gasteiger partial charge in [0.15, 0.2) is 0 Å². The lowest BCUT2D eigenvalue weighted by Gasteiger charge is -2.21. The van der Waals surface area contributed by atoms with Crippen LogP contribution in [0, 0.1) is 5.92 Å². The van der Waals surface area contributed by atoms with Crippen LogP contribution in [0.5, 0.6) is 0 Å². The number of nitrogens with one attached hydrogen (secondary N) is 2. The number of aryl methyl sites for hydroxylation is 1. The molecule has 178 valence electrons. The first kappa shape index (κ1) is 25.1. The molecule has 3 rings (SSSR count). The average Bonchev–Trinajstić information content (AvgIpc) is 2.89. The zero-order valence-electron chi connectivity index (χ0n) is 19.1. The van der Waals surface area contributed by atoms with Crippen molar-refractivity contribution >= 4 is 11.8 Å². The van der Waals surface area contributed by atoms with E-state index in [1.54, 1.807) is 23.9 Å². The minimum atomic E-state index is -0.612. The van der Waals surface area contributed by atoms with Crippen molar-refractivity contribution in [1.29, 1.82) is 0 Å². The van der Waals surface area contributed by atoms with Gasteiger partial charge in [-0.15, -0.1) is 0 Å². The Hall–Kier alpha value is -3.55. The highest BCUT2D eigenvalue weighted by Crippen LogP contribution is 2.21. The number of aromatic nitrogens is 1. The van der Waals surface area contributed by atoms with Gasteiger partial charge >= 0.3 is 0 Å². The molecule has 7 nitrogen and oxygen atoms in total. The van der Waals surface area contributed by atoms with Crippen LogP contribution < -0.4 is 10.8 Å². The summed E-state index contributed by atoms with van der Waals surface area (Å²) in [4.78, 5) is 28.7. The summed E-state index contributed by atoms with van der Waals surface area (Å²) in [5.41, 5.74) is 5.95. The van der Waals surface area contributed by atoms with Gasteiger partial charge in [-0.3, -0.25) is 19.8 Å². The Bertz CT molecular complexity index is 1030. The minimum absolute atomic E-state index is 0.125. The van der Waals surface area contributed by atoms with Crippen LogP contribution in [0.1, 0.15) is 30.4 Å². The van der Waals surface area contributed by atoms with Gasteiger partial charge in [-0.1, -0.05) is 60.7 Å². The van der Waals surface area contributed by atoms with Crippen LogP contribution in [-0.2, 0) is 22.4 Å². The number of rotatable bonds is 12. The molecule has 1 aromatic heterocycles. The van der Waals surface area contributed by atoms with E-state index in [9.17, 15) is 14.7 Å². The maximum atomic E-state index is 12.9. The van der Waals surface area contributed by atoms with Crippen LogP contribution in [0.4, 0.5) is 0 Å². The van der Waals surface area contributed by atoms with Gasteiger partial charge in [-0.2, -0.15) is 0 Å². The van der Waals surface area contributed by atoms with Crippen LogP contribution >= 0.6 is 0 Å². The van der Waals surface area contributed by atoms with Crippen molar-refractivity contribution in [3.05, 3.63) is 90.3 Å². The van der Waals surface area contributed by atoms with Crippen LogP contribution in [0.3, 0.4) is 0 Å². The second-order valence-electron chi connectivity index (χ2n) is 8.34. The molecule has 2 amide bonds. The summed E-state index contributed by atoms with van der Waals surface area (Å²) in [5, 5.41) is 21.5. The SMILES string of the molecule is O=C(CC(CCCc1ccc(-c2ccccc2)cc1)C(=O)N[C@@H](CO)Cc1cccnc1)NO. The zero-order valence-corrected chi connectivity index (χ0v) is 19.1. The molecule has 0 aliphatic rings. The number of hydroxylamine groups is 1. The molecule has 0 aliphatic heterocycles. The Morgan fingerprint density at radius 3 is 2.29 bits per heavy atom. The van der Waals surface area contributed by atoms with E-state index >= 15 is 0 Å². The number of carbonyl (C=O) groups excluding carboxylic acids is 2. The Labute approximate surface area is 199 Å². The molecule has 1 heterocycles. The molecule has 4 N–H and O–H groups in total. The predicted octanol–water partition coefficient (Wildman–Crippen LogP) is 3.30. The Balaban J connectivity index is 1.56. The van der Waals surface area contributed by atoms with Gasteiger partial charge in [0.1, 0.15) is 0 Å². The number of aliphatic hydroxyl groups excluding tert-OH is 1. The van der Waals surface area contributed by atoms with Crippen molar-refractivity contribution < 1.29 is 19.9 Å². The van der Waals surface area contributed by atoms with E-state index in [1.807, 2.05) is 24.3 Å². The van der Waals surface area contributed by atoms with Crippen molar-refractivity contribution in [3.8, 4) is 11.1 Å². The van der Waals surface area contributed by atoms with Gasteiger partial charge in [0.25, 0.3) is 0 Å². The van der Waals surface area contributed by atoms with Crippen molar-refractivity contribution in [2.45, 2.75) is 38.1 Å². The largest absolute Gasteiger partial charge is 0.394 e. The van der Waals surface area contributed by atoms with Crippen molar-refractivity contribution in [2.24, 2.45) is 5.92 Å². The first-order chi connectivity index (χ1) is 16.6. The molecule has 0 saturated carbocycles. The van der Waals surface area contributed by atoms with E-state index in [4.69, 9.17) is 5.21 Å². The summed E-state index contributed by atoms with van der Waals surface area (Å²) in [7, 11) is 0. The highest BCUT2D eigenvalue weighted by atomic mass is 16.5. The molecule has 0 aliphatic carbocycles. The number of hydrogen-bond acceptors (Lipinski definition) is 5. The van der Waals surface area contributed by atoms with Gasteiger partial charge in [-0.05, 0) is 54.0 Å². The molecule has 2 aromatic carbocycles. The Morgan fingerprint density at radius 1 is 0.912 bits per heavy atom. The topological polar surface area (TPSA) is 112 Å². The summed E-state index contributed by atoms with van der Waals surface area (Å²) in [5.74, 6) is -1.54. The zero-order chi connectivity index (χ0) is 24.2. The van der Waals surface area contributed by atoms with Gasteiger partial charge in [-0.25, -0.2) is 5.48 Å². The molecule has 0 fully saturated rings. The van der Waals surface area contributed by atoms with Gasteiger partial charge < -0.3 is 10.4 Å². The van der Waals surface area contributed by atoms with Crippen molar-refractivity contribution in [2.75, 3.05) is 6.61 Å². The van der Waals surface area contributed by atoms with E-state index in [0.717, 1.165) is 28.7 Å². The molecular formula is C27H31N3O4. The number of benzene rings is 2. The van der Waals surface area contributed by atoms with E-state index in [-0.39, 0.29) is 18.9 Å². The molecule has 7 heteroatoms. The minimum Gasteiger partial charge on any atom is -0.394 e. The fourth-order valence-corrected chi connectivity index (χ4v) is 3.93. The van der Waals surface area contributed by atoms with Crippen LogP contribution in [-0.4, -0.2) is 39.8 Å².